The molecule has 1 aliphatic rings. The number of hydrogen-bond acceptors (Lipinski definition) is 4. The molecule has 22 heavy (non-hydrogen) atoms. The quantitative estimate of drug-likeness (QED) is 0.908. The minimum atomic E-state index is -0.368. The normalized spacial score (nSPS) is 18.5. The Bertz CT molecular complexity index is 550. The second kappa shape index (κ2) is 6.73. The highest BCUT2D eigenvalue weighted by Gasteiger charge is 2.35. The van der Waals surface area contributed by atoms with E-state index in [0.29, 0.717) is 24.6 Å². The third-order valence-corrected chi connectivity index (χ3v) is 4.57. The van der Waals surface area contributed by atoms with Crippen LogP contribution in [0.15, 0.2) is 12.3 Å². The molecule has 0 unspecified atom stereocenters. The number of amides is 2. The monoisotopic (exact) mass is 324 g/mol. The summed E-state index contributed by atoms with van der Waals surface area (Å²) >= 11 is 1.63. The van der Waals surface area contributed by atoms with Crippen LogP contribution in [0, 0.1) is 5.41 Å². The van der Waals surface area contributed by atoms with Crippen LogP contribution in [0.5, 0.6) is 0 Å². The Morgan fingerprint density at radius 1 is 1.45 bits per heavy atom. The molecule has 0 bridgehead atoms. The zero-order valence-corrected chi connectivity index (χ0v) is 14.4. The summed E-state index contributed by atoms with van der Waals surface area (Å²) in [5, 5.41) is 6.98. The van der Waals surface area contributed by atoms with Gasteiger partial charge in [-0.05, 0) is 11.5 Å². The van der Waals surface area contributed by atoms with Crippen LogP contribution < -0.4 is 5.32 Å². The van der Waals surface area contributed by atoms with Gasteiger partial charge in [0, 0.05) is 25.4 Å². The zero-order valence-electron chi connectivity index (χ0n) is 13.6. The molecule has 1 N–H and O–H groups in total. The van der Waals surface area contributed by atoms with Crippen LogP contribution in [-0.4, -0.2) is 44.2 Å². The van der Waals surface area contributed by atoms with E-state index >= 15 is 0 Å². The molecule has 1 aromatic rings. The summed E-state index contributed by atoms with van der Waals surface area (Å²) < 4.78 is 1.73. The fourth-order valence-electron chi connectivity index (χ4n) is 2.33. The van der Waals surface area contributed by atoms with E-state index in [0.717, 1.165) is 5.69 Å². The highest BCUT2D eigenvalue weighted by molar-refractivity contribution is 7.99. The molecule has 1 fully saturated rings. The summed E-state index contributed by atoms with van der Waals surface area (Å²) in [6.45, 7) is 6.53. The second-order valence-corrected chi connectivity index (χ2v) is 7.78. The number of thioether (sulfide) groups is 1. The largest absolute Gasteiger partial charge is 0.349 e. The van der Waals surface area contributed by atoms with Crippen molar-refractivity contribution in [2.45, 2.75) is 39.8 Å². The Morgan fingerprint density at radius 3 is 2.77 bits per heavy atom. The lowest BCUT2D eigenvalue weighted by Gasteiger charge is -2.26. The smallest absolute Gasteiger partial charge is 0.244 e. The summed E-state index contributed by atoms with van der Waals surface area (Å²) in [6.07, 6.45) is 2.16. The van der Waals surface area contributed by atoms with Gasteiger partial charge >= 0.3 is 0 Å². The molecule has 0 spiro atoms. The molecule has 7 heteroatoms. The van der Waals surface area contributed by atoms with Crippen molar-refractivity contribution in [1.29, 1.82) is 0 Å². The first-order valence-electron chi connectivity index (χ1n) is 7.40. The minimum Gasteiger partial charge on any atom is -0.349 e. The van der Waals surface area contributed by atoms with Crippen molar-refractivity contribution in [3.8, 4) is 0 Å². The average molecular weight is 324 g/mol. The highest BCUT2D eigenvalue weighted by atomic mass is 32.2. The van der Waals surface area contributed by atoms with E-state index in [9.17, 15) is 9.59 Å². The average Bonchev–Trinajstić information content (AvgIpc) is 3.02. The number of aromatic nitrogens is 2. The number of rotatable bonds is 4. The van der Waals surface area contributed by atoms with Crippen LogP contribution >= 0.6 is 11.8 Å². The molecule has 2 amide bonds. The Hall–Kier alpha value is -1.50. The van der Waals surface area contributed by atoms with Crippen LogP contribution in [0.2, 0.25) is 0 Å². The maximum atomic E-state index is 12.4. The molecule has 0 aliphatic carbocycles. The molecule has 1 saturated heterocycles. The van der Waals surface area contributed by atoms with Crippen LogP contribution in [0.4, 0.5) is 0 Å². The van der Waals surface area contributed by atoms with Crippen LogP contribution in [0.25, 0.3) is 0 Å². The van der Waals surface area contributed by atoms with E-state index in [-0.39, 0.29) is 23.3 Å². The van der Waals surface area contributed by atoms with Crippen molar-refractivity contribution < 1.29 is 9.59 Å². The fourth-order valence-corrected chi connectivity index (χ4v) is 3.51. The van der Waals surface area contributed by atoms with Crippen LogP contribution in [0.3, 0.4) is 0 Å². The molecule has 1 atom stereocenters. The first-order chi connectivity index (χ1) is 10.3. The van der Waals surface area contributed by atoms with Gasteiger partial charge in [0.2, 0.25) is 11.8 Å². The van der Waals surface area contributed by atoms with Crippen molar-refractivity contribution in [2.75, 3.05) is 11.6 Å². The number of carbonyl (C=O) groups is 2. The van der Waals surface area contributed by atoms with Gasteiger partial charge < -0.3 is 10.2 Å². The maximum Gasteiger partial charge on any atom is 0.244 e. The van der Waals surface area contributed by atoms with Gasteiger partial charge in [0.15, 0.2) is 0 Å². The van der Waals surface area contributed by atoms with Crippen molar-refractivity contribution in [3.63, 3.8) is 0 Å². The molecule has 2 rings (SSSR count). The lowest BCUT2D eigenvalue weighted by atomic mass is 9.91. The van der Waals surface area contributed by atoms with Crippen LogP contribution in [-0.2, 0) is 23.2 Å². The fraction of sp³-hybridized carbons (Fsp3) is 0.667. The van der Waals surface area contributed by atoms with Crippen molar-refractivity contribution >= 4 is 23.6 Å². The molecule has 6 nitrogen and oxygen atoms in total. The Kier molecular flexibility index (Phi) is 5.16. The summed E-state index contributed by atoms with van der Waals surface area (Å²) in [6, 6.07) is 1.50. The number of carbonyl (C=O) groups excluding carboxylic acids is 2. The molecule has 0 aromatic carbocycles. The van der Waals surface area contributed by atoms with Gasteiger partial charge in [-0.2, -0.15) is 5.10 Å². The molecule has 2 heterocycles. The first kappa shape index (κ1) is 16.9. The van der Waals surface area contributed by atoms with Gasteiger partial charge in [0.05, 0.1) is 18.1 Å². The number of aryl methyl sites for hydroxylation is 1. The van der Waals surface area contributed by atoms with E-state index in [2.05, 4.69) is 10.4 Å². The highest BCUT2D eigenvalue weighted by Crippen LogP contribution is 2.26. The molecule has 0 saturated carbocycles. The third-order valence-electron chi connectivity index (χ3n) is 3.55. The summed E-state index contributed by atoms with van der Waals surface area (Å²) in [5.41, 5.74) is 0.867. The van der Waals surface area contributed by atoms with E-state index < -0.39 is 0 Å². The molecular weight excluding hydrogens is 300 g/mol. The predicted octanol–water partition coefficient (Wildman–Crippen LogP) is 1.37. The van der Waals surface area contributed by atoms with E-state index in [4.69, 9.17) is 0 Å². The SMILES string of the molecule is Cn1nccc1CNC(=O)[C@@H]1CSCN1C(=O)CC(C)(C)C. The lowest BCUT2D eigenvalue weighted by Crippen LogP contribution is -2.47. The first-order valence-corrected chi connectivity index (χ1v) is 8.55. The van der Waals surface area contributed by atoms with Crippen molar-refractivity contribution in [1.82, 2.24) is 20.0 Å². The second-order valence-electron chi connectivity index (χ2n) is 6.78. The number of nitrogens with one attached hydrogen (secondary N) is 1. The van der Waals surface area contributed by atoms with E-state index in [1.807, 2.05) is 33.9 Å². The topological polar surface area (TPSA) is 67.2 Å². The van der Waals surface area contributed by atoms with E-state index in [1.165, 1.54) is 0 Å². The Balaban J connectivity index is 1.93. The predicted molar refractivity (Wildman–Crippen MR) is 87.1 cm³/mol. The van der Waals surface area contributed by atoms with Gasteiger partial charge in [0.25, 0.3) is 0 Å². The van der Waals surface area contributed by atoms with Crippen LogP contribution in [0.1, 0.15) is 32.9 Å². The minimum absolute atomic E-state index is 0.0539. The number of nitrogens with zero attached hydrogens (tertiary/aromatic N) is 3. The molecule has 1 aliphatic heterocycles. The van der Waals surface area contributed by atoms with Crippen molar-refractivity contribution in [3.05, 3.63) is 18.0 Å². The summed E-state index contributed by atoms with van der Waals surface area (Å²) in [4.78, 5) is 26.5. The third kappa shape index (κ3) is 4.25. The van der Waals surface area contributed by atoms with Gasteiger partial charge in [0.1, 0.15) is 6.04 Å². The maximum absolute atomic E-state index is 12.4. The molecule has 1 aromatic heterocycles. The van der Waals surface area contributed by atoms with Gasteiger partial charge in [-0.1, -0.05) is 20.8 Å². The molecule has 122 valence electrons. The summed E-state index contributed by atoms with van der Waals surface area (Å²) in [7, 11) is 1.84. The standard InChI is InChI=1S/C15H24N4O2S/c1-15(2,3)7-13(20)19-10-22-9-12(19)14(21)16-8-11-5-6-17-18(11)4/h5-6,12H,7-10H2,1-4H3,(H,16,21)/t12-/m0/s1. The molecule has 0 radical (unpaired) electrons. The summed E-state index contributed by atoms with van der Waals surface area (Å²) in [5.74, 6) is 1.22. The lowest BCUT2D eigenvalue weighted by molar-refractivity contribution is -0.139. The van der Waals surface area contributed by atoms with Gasteiger partial charge in [-0.25, -0.2) is 0 Å². The van der Waals surface area contributed by atoms with Crippen molar-refractivity contribution in [2.24, 2.45) is 12.5 Å². The zero-order chi connectivity index (χ0) is 16.3. The number of hydrogen-bond donors (Lipinski definition) is 1. The molecular formula is C15H24N4O2S. The van der Waals surface area contributed by atoms with Gasteiger partial charge in [-0.15, -0.1) is 11.8 Å². The van der Waals surface area contributed by atoms with Gasteiger partial charge in [-0.3, -0.25) is 14.3 Å². The Morgan fingerprint density at radius 2 is 2.18 bits per heavy atom. The Labute approximate surface area is 135 Å². The van der Waals surface area contributed by atoms with E-state index in [1.54, 1.807) is 27.5 Å².